The molecule has 1 saturated heterocycles. The van der Waals surface area contributed by atoms with Crippen LogP contribution in [0, 0.1) is 18.3 Å². The van der Waals surface area contributed by atoms with E-state index in [1.807, 2.05) is 0 Å². The zero-order valence-electron chi connectivity index (χ0n) is 16.5. The highest BCUT2D eigenvalue weighted by Crippen LogP contribution is 2.22. The Hall–Kier alpha value is -2.15. The van der Waals surface area contributed by atoms with E-state index in [0.29, 0.717) is 28.8 Å². The highest BCUT2D eigenvalue weighted by Gasteiger charge is 2.26. The van der Waals surface area contributed by atoms with Crippen LogP contribution in [-0.2, 0) is 26.0 Å². The van der Waals surface area contributed by atoms with Crippen molar-refractivity contribution in [3.63, 3.8) is 0 Å². The first kappa shape index (κ1) is 22.5. The van der Waals surface area contributed by atoms with Crippen LogP contribution in [0.3, 0.4) is 0 Å². The maximum absolute atomic E-state index is 12.4. The number of fused-ring (bicyclic) bond motifs is 1. The minimum Gasteiger partial charge on any atom is -0.342 e. The third-order valence-electron chi connectivity index (χ3n) is 4.94. The number of hydrogen-bond donors (Lipinski definition) is 0. The highest BCUT2D eigenvalue weighted by atomic mass is 35.5. The molecule has 0 bridgehead atoms. The number of thiazole rings is 1. The smallest absolute Gasteiger partial charge is 0.263 e. The zero-order valence-corrected chi connectivity index (χ0v) is 18.9. The van der Waals surface area contributed by atoms with E-state index < -0.39 is 33.2 Å². The van der Waals surface area contributed by atoms with Gasteiger partial charge in [-0.05, 0) is 37.0 Å². The van der Waals surface area contributed by atoms with Crippen LogP contribution in [0.4, 0.5) is 0 Å². The maximum atomic E-state index is 12.4. The van der Waals surface area contributed by atoms with Gasteiger partial charge in [-0.1, -0.05) is 35.8 Å². The summed E-state index contributed by atoms with van der Waals surface area (Å²) in [6.07, 6.45) is 7.12. The Bertz CT molecular complexity index is 1180. The highest BCUT2D eigenvalue weighted by molar-refractivity contribution is 7.92. The lowest BCUT2D eigenvalue weighted by molar-refractivity contribution is -0.129. The number of likely N-dealkylation sites (tertiary alicyclic amines) is 1. The van der Waals surface area contributed by atoms with Crippen molar-refractivity contribution in [3.8, 4) is 12.3 Å². The topological polar surface area (TPSA) is 88.8 Å². The number of nitrogens with zero attached hydrogens (tertiary/aromatic N) is 3. The fraction of sp³-hybridized carbons (Fsp3) is 0.450. The molecule has 1 aliphatic heterocycles. The minimum atomic E-state index is -3.93. The van der Waals surface area contributed by atoms with Crippen molar-refractivity contribution in [2.24, 2.45) is 10.9 Å². The summed E-state index contributed by atoms with van der Waals surface area (Å²) in [6, 6.07) is 5.20. The molecule has 0 saturated carbocycles. The molecule has 0 N–H and O–H groups in total. The van der Waals surface area contributed by atoms with Crippen LogP contribution in [0.25, 0.3) is 10.2 Å². The number of rotatable bonds is 5. The van der Waals surface area contributed by atoms with Crippen LogP contribution < -0.4 is 4.80 Å². The van der Waals surface area contributed by atoms with Crippen LogP contribution >= 0.6 is 22.9 Å². The van der Waals surface area contributed by atoms with Crippen molar-refractivity contribution in [3.05, 3.63) is 28.0 Å². The van der Waals surface area contributed by atoms with E-state index in [9.17, 15) is 18.0 Å². The maximum Gasteiger partial charge on any atom is 0.263 e. The summed E-state index contributed by atoms with van der Waals surface area (Å²) in [5, 5.41) is 0.530. The monoisotopic (exact) mass is 467 g/mol. The fourth-order valence-electron chi connectivity index (χ4n) is 3.29. The van der Waals surface area contributed by atoms with Gasteiger partial charge in [0, 0.05) is 18.1 Å². The molecule has 2 heterocycles. The number of sulfone groups is 1. The number of piperidine rings is 1. The Labute approximate surface area is 184 Å². The Morgan fingerprint density at radius 2 is 2.00 bits per heavy atom. The number of amides is 2. The molecule has 160 valence electrons. The van der Waals surface area contributed by atoms with Crippen LogP contribution in [0.1, 0.15) is 19.8 Å². The SMILES string of the molecule is C#CCn1c(=NC(=O)CS(=O)(=O)CC(=O)N2CCC(C)CC2)sc2cc(Cl)ccc21. The molecule has 0 radical (unpaired) electrons. The van der Waals surface area contributed by atoms with Crippen LogP contribution in [0.2, 0.25) is 5.02 Å². The van der Waals surface area contributed by atoms with Gasteiger partial charge in [0.05, 0.1) is 16.8 Å². The minimum absolute atomic E-state index is 0.173. The molecule has 1 aromatic carbocycles. The summed E-state index contributed by atoms with van der Waals surface area (Å²) in [5.41, 5.74) is 0.756. The predicted molar refractivity (Wildman–Crippen MR) is 118 cm³/mol. The van der Waals surface area contributed by atoms with Crippen LogP contribution in [-0.4, -0.2) is 54.3 Å². The Kier molecular flexibility index (Phi) is 7.01. The summed E-state index contributed by atoms with van der Waals surface area (Å²) in [6.45, 7) is 3.37. The van der Waals surface area contributed by atoms with E-state index in [1.165, 1.54) is 11.3 Å². The van der Waals surface area contributed by atoms with Gasteiger partial charge in [0.15, 0.2) is 14.6 Å². The Balaban J connectivity index is 1.77. The molecule has 3 rings (SSSR count). The first-order valence-corrected chi connectivity index (χ1v) is 12.5. The number of carbonyl (C=O) groups is 2. The molecule has 0 atom stereocenters. The van der Waals surface area contributed by atoms with Gasteiger partial charge in [0.1, 0.15) is 11.5 Å². The first-order valence-electron chi connectivity index (χ1n) is 9.46. The molecule has 30 heavy (non-hydrogen) atoms. The van der Waals surface area contributed by atoms with Crippen molar-refractivity contribution in [1.29, 1.82) is 0 Å². The lowest BCUT2D eigenvalue weighted by atomic mass is 9.99. The second kappa shape index (κ2) is 9.33. The summed E-state index contributed by atoms with van der Waals surface area (Å²) in [4.78, 5) is 30.5. The standard InChI is InChI=1S/C20H22ClN3O4S2/c1-3-8-24-16-5-4-15(21)11-17(16)29-20(24)22-18(25)12-30(27,28)13-19(26)23-9-6-14(2)7-10-23/h1,4-5,11,14H,6-10,12-13H2,2H3. The van der Waals surface area contributed by atoms with E-state index in [1.54, 1.807) is 27.7 Å². The summed E-state index contributed by atoms with van der Waals surface area (Å²) in [5.74, 6) is 0.216. The molecule has 1 aromatic heterocycles. The first-order chi connectivity index (χ1) is 14.2. The van der Waals surface area contributed by atoms with Crippen LogP contribution in [0.15, 0.2) is 23.2 Å². The van der Waals surface area contributed by atoms with Crippen molar-refractivity contribution >= 4 is 54.8 Å². The van der Waals surface area contributed by atoms with E-state index in [-0.39, 0.29) is 6.54 Å². The summed E-state index contributed by atoms with van der Waals surface area (Å²) < 4.78 is 27.2. The number of aromatic nitrogens is 1. The third-order valence-corrected chi connectivity index (χ3v) is 7.59. The molecule has 1 aliphatic rings. The van der Waals surface area contributed by atoms with E-state index in [0.717, 1.165) is 23.1 Å². The zero-order chi connectivity index (χ0) is 21.9. The Morgan fingerprint density at radius 3 is 2.67 bits per heavy atom. The van der Waals surface area contributed by atoms with Gasteiger partial charge in [-0.15, -0.1) is 6.42 Å². The predicted octanol–water partition coefficient (Wildman–Crippen LogP) is 2.09. The van der Waals surface area contributed by atoms with E-state index in [4.69, 9.17) is 18.0 Å². The van der Waals surface area contributed by atoms with Crippen molar-refractivity contribution in [1.82, 2.24) is 9.47 Å². The second-order valence-electron chi connectivity index (χ2n) is 7.39. The van der Waals surface area contributed by atoms with Crippen molar-refractivity contribution in [2.75, 3.05) is 24.6 Å². The molecular formula is C20H22ClN3O4S2. The molecule has 0 unspecified atom stereocenters. The van der Waals surface area contributed by atoms with E-state index in [2.05, 4.69) is 17.8 Å². The average molecular weight is 468 g/mol. The average Bonchev–Trinajstić information content (AvgIpc) is 2.97. The second-order valence-corrected chi connectivity index (χ2v) is 10.9. The van der Waals surface area contributed by atoms with Gasteiger partial charge in [0.25, 0.3) is 5.91 Å². The van der Waals surface area contributed by atoms with Crippen molar-refractivity contribution < 1.29 is 18.0 Å². The number of benzene rings is 1. The van der Waals surface area contributed by atoms with Crippen molar-refractivity contribution in [2.45, 2.75) is 26.3 Å². The number of halogens is 1. The lowest BCUT2D eigenvalue weighted by Crippen LogP contribution is -2.41. The Morgan fingerprint density at radius 1 is 1.30 bits per heavy atom. The molecular weight excluding hydrogens is 446 g/mol. The van der Waals surface area contributed by atoms with Gasteiger partial charge in [-0.3, -0.25) is 9.59 Å². The summed E-state index contributed by atoms with van der Waals surface area (Å²) in [7, 11) is -3.93. The van der Waals surface area contributed by atoms with Gasteiger partial charge in [-0.25, -0.2) is 8.42 Å². The van der Waals surface area contributed by atoms with Crippen LogP contribution in [0.5, 0.6) is 0 Å². The molecule has 0 aliphatic carbocycles. The lowest BCUT2D eigenvalue weighted by Gasteiger charge is -2.30. The molecule has 0 spiro atoms. The van der Waals surface area contributed by atoms with E-state index >= 15 is 0 Å². The largest absolute Gasteiger partial charge is 0.342 e. The summed E-state index contributed by atoms with van der Waals surface area (Å²) >= 11 is 7.21. The van der Waals surface area contributed by atoms with Gasteiger partial charge in [0.2, 0.25) is 5.91 Å². The third kappa shape index (κ3) is 5.50. The van der Waals surface area contributed by atoms with Gasteiger partial charge < -0.3 is 9.47 Å². The molecule has 7 nitrogen and oxygen atoms in total. The molecule has 10 heteroatoms. The number of terminal acetylenes is 1. The quantitative estimate of drug-likeness (QED) is 0.630. The normalized spacial score (nSPS) is 16.0. The van der Waals surface area contributed by atoms with Gasteiger partial charge >= 0.3 is 0 Å². The number of carbonyl (C=O) groups excluding carboxylic acids is 2. The fourth-order valence-corrected chi connectivity index (χ4v) is 5.72. The molecule has 2 aromatic rings. The number of hydrogen-bond acceptors (Lipinski definition) is 5. The molecule has 1 fully saturated rings. The molecule has 2 amide bonds. The van der Waals surface area contributed by atoms with Gasteiger partial charge in [-0.2, -0.15) is 4.99 Å².